The highest BCUT2D eigenvalue weighted by molar-refractivity contribution is 6.09. The van der Waals surface area contributed by atoms with Crippen molar-refractivity contribution in [3.8, 4) is 0 Å². The van der Waals surface area contributed by atoms with Crippen LogP contribution in [0.3, 0.4) is 0 Å². The van der Waals surface area contributed by atoms with Gasteiger partial charge in [-0.1, -0.05) is 38.3 Å². The molecule has 0 bridgehead atoms. The number of unbranched alkanes of at least 4 members (excludes halogenated alkanes) is 2. The second-order valence-electron chi connectivity index (χ2n) is 5.45. The topological polar surface area (TPSA) is 63.4 Å². The van der Waals surface area contributed by atoms with Crippen LogP contribution in [0.15, 0.2) is 18.2 Å². The van der Waals surface area contributed by atoms with Crippen LogP contribution in [0.1, 0.15) is 60.1 Å². The maximum atomic E-state index is 12.1. The average Bonchev–Trinajstić information content (AvgIpc) is 2.45. The maximum absolute atomic E-state index is 12.1. The van der Waals surface area contributed by atoms with E-state index in [-0.39, 0.29) is 17.9 Å². The lowest BCUT2D eigenvalue weighted by Gasteiger charge is -2.24. The highest BCUT2D eigenvalue weighted by atomic mass is 16.2. The molecule has 4 nitrogen and oxygen atoms in total. The molecule has 0 saturated heterocycles. The minimum atomic E-state index is -0.223. The van der Waals surface area contributed by atoms with E-state index in [2.05, 4.69) is 6.92 Å². The molecule has 1 aromatic rings. The smallest absolute Gasteiger partial charge is 0.260 e. The van der Waals surface area contributed by atoms with Gasteiger partial charge in [-0.15, -0.1) is 0 Å². The van der Waals surface area contributed by atoms with Crippen molar-refractivity contribution in [3.05, 3.63) is 34.9 Å². The van der Waals surface area contributed by atoms with Crippen LogP contribution in [0.5, 0.6) is 0 Å². The summed E-state index contributed by atoms with van der Waals surface area (Å²) in [5.41, 5.74) is 8.60. The molecule has 1 aliphatic rings. The highest BCUT2D eigenvalue weighted by Crippen LogP contribution is 2.24. The van der Waals surface area contributed by atoms with Crippen LogP contribution in [-0.2, 0) is 11.2 Å². The van der Waals surface area contributed by atoms with E-state index in [1.54, 1.807) is 0 Å². The zero-order valence-corrected chi connectivity index (χ0v) is 12.2. The Morgan fingerprint density at radius 3 is 2.75 bits per heavy atom. The number of imide groups is 1. The highest BCUT2D eigenvalue weighted by Gasteiger charge is 2.28. The minimum absolute atomic E-state index is 0.0393. The molecule has 0 spiro atoms. The molecule has 1 aromatic carbocycles. The Labute approximate surface area is 119 Å². The normalized spacial score (nSPS) is 16.2. The number of benzene rings is 1. The summed E-state index contributed by atoms with van der Waals surface area (Å²) < 4.78 is 0. The lowest BCUT2D eigenvalue weighted by molar-refractivity contribution is -0.127. The van der Waals surface area contributed by atoms with Crippen LogP contribution >= 0.6 is 0 Å². The molecular weight excluding hydrogens is 252 g/mol. The average molecular weight is 274 g/mol. The zero-order chi connectivity index (χ0) is 14.7. The first-order chi connectivity index (χ1) is 9.54. The van der Waals surface area contributed by atoms with E-state index in [1.165, 1.54) is 24.8 Å². The summed E-state index contributed by atoms with van der Waals surface area (Å²) in [4.78, 5) is 25.0. The molecule has 2 amide bonds. The molecule has 108 valence electrons. The number of rotatable bonds is 5. The summed E-state index contributed by atoms with van der Waals surface area (Å²) in [5, 5.41) is 0. The van der Waals surface area contributed by atoms with E-state index in [0.717, 1.165) is 24.0 Å². The second-order valence-corrected chi connectivity index (χ2v) is 5.45. The predicted octanol–water partition coefficient (Wildman–Crippen LogP) is 2.42. The van der Waals surface area contributed by atoms with Crippen molar-refractivity contribution in [1.82, 2.24) is 4.90 Å². The quantitative estimate of drug-likeness (QED) is 0.662. The fraction of sp³-hybridized carbons (Fsp3) is 0.500. The van der Waals surface area contributed by atoms with Crippen molar-refractivity contribution < 1.29 is 9.59 Å². The van der Waals surface area contributed by atoms with Crippen molar-refractivity contribution in [2.75, 3.05) is 7.05 Å². The number of carbonyl (C=O) groups is 2. The van der Waals surface area contributed by atoms with Gasteiger partial charge in [0.05, 0.1) is 6.42 Å². The van der Waals surface area contributed by atoms with Gasteiger partial charge in [0.15, 0.2) is 0 Å². The third-order valence-corrected chi connectivity index (χ3v) is 3.93. The molecule has 4 heteroatoms. The van der Waals surface area contributed by atoms with Gasteiger partial charge < -0.3 is 5.73 Å². The Bertz CT molecular complexity index is 525. The van der Waals surface area contributed by atoms with Gasteiger partial charge in [-0.2, -0.15) is 0 Å². The molecular formula is C16H22N2O2. The second kappa shape index (κ2) is 6.18. The first-order valence-electron chi connectivity index (χ1n) is 7.24. The van der Waals surface area contributed by atoms with Gasteiger partial charge in [0.1, 0.15) is 0 Å². The Balaban J connectivity index is 2.19. The number of amides is 2. The molecule has 0 aliphatic carbocycles. The Kier molecular flexibility index (Phi) is 4.55. The van der Waals surface area contributed by atoms with Crippen LogP contribution in [0.4, 0.5) is 0 Å². The van der Waals surface area contributed by atoms with Gasteiger partial charge in [-0.25, -0.2) is 0 Å². The van der Waals surface area contributed by atoms with Crippen LogP contribution < -0.4 is 5.73 Å². The van der Waals surface area contributed by atoms with E-state index in [4.69, 9.17) is 5.73 Å². The van der Waals surface area contributed by atoms with Crippen LogP contribution in [-0.4, -0.2) is 23.8 Å². The first-order valence-corrected chi connectivity index (χ1v) is 7.24. The molecule has 0 radical (unpaired) electrons. The lowest BCUT2D eigenvalue weighted by atomic mass is 9.93. The van der Waals surface area contributed by atoms with Gasteiger partial charge in [-0.3, -0.25) is 14.5 Å². The van der Waals surface area contributed by atoms with E-state index in [1.807, 2.05) is 18.2 Å². The predicted molar refractivity (Wildman–Crippen MR) is 78.3 cm³/mol. The van der Waals surface area contributed by atoms with Gasteiger partial charge >= 0.3 is 0 Å². The maximum Gasteiger partial charge on any atom is 0.260 e. The Morgan fingerprint density at radius 2 is 2.05 bits per heavy atom. The number of nitrogens with zero attached hydrogens (tertiary/aromatic N) is 1. The fourth-order valence-electron chi connectivity index (χ4n) is 2.53. The van der Waals surface area contributed by atoms with E-state index in [9.17, 15) is 9.59 Å². The first kappa shape index (κ1) is 14.7. The van der Waals surface area contributed by atoms with Gasteiger partial charge in [-0.05, 0) is 23.6 Å². The molecule has 20 heavy (non-hydrogen) atoms. The summed E-state index contributed by atoms with van der Waals surface area (Å²) >= 11 is 0. The van der Waals surface area contributed by atoms with Crippen LogP contribution in [0.25, 0.3) is 0 Å². The number of carbonyl (C=O) groups excluding carboxylic acids is 2. The SMILES string of the molecule is CCCCCC(N)c1ccc2c(c1)C(=O)N(C)C(=O)C2. The molecule has 2 N–H and O–H groups in total. The van der Waals surface area contributed by atoms with E-state index in [0.29, 0.717) is 12.0 Å². The number of likely N-dealkylation sites (N-methyl/N-ethyl adjacent to an activating group) is 1. The lowest BCUT2D eigenvalue weighted by Crippen LogP contribution is -2.39. The van der Waals surface area contributed by atoms with E-state index >= 15 is 0 Å². The van der Waals surface area contributed by atoms with Crippen LogP contribution in [0.2, 0.25) is 0 Å². The molecule has 0 aromatic heterocycles. The minimum Gasteiger partial charge on any atom is -0.324 e. The van der Waals surface area contributed by atoms with Crippen LogP contribution in [0, 0.1) is 0 Å². The van der Waals surface area contributed by atoms with Crippen molar-refractivity contribution in [1.29, 1.82) is 0 Å². The van der Waals surface area contributed by atoms with Crippen molar-refractivity contribution >= 4 is 11.8 Å². The summed E-state index contributed by atoms with van der Waals surface area (Å²) in [6, 6.07) is 5.63. The summed E-state index contributed by atoms with van der Waals surface area (Å²) in [6.45, 7) is 2.16. The third kappa shape index (κ3) is 2.90. The number of hydrogen-bond donors (Lipinski definition) is 1. The largest absolute Gasteiger partial charge is 0.324 e. The van der Waals surface area contributed by atoms with Crippen molar-refractivity contribution in [2.45, 2.75) is 45.1 Å². The van der Waals surface area contributed by atoms with Gasteiger partial charge in [0.25, 0.3) is 5.91 Å². The summed E-state index contributed by atoms with van der Waals surface area (Å²) in [5.74, 6) is -0.374. The number of hydrogen-bond acceptors (Lipinski definition) is 3. The van der Waals surface area contributed by atoms with E-state index < -0.39 is 0 Å². The Hall–Kier alpha value is -1.68. The number of fused-ring (bicyclic) bond motifs is 1. The number of nitrogens with two attached hydrogens (primary N) is 1. The monoisotopic (exact) mass is 274 g/mol. The molecule has 1 heterocycles. The summed E-state index contributed by atoms with van der Waals surface area (Å²) in [7, 11) is 1.53. The molecule has 0 fully saturated rings. The van der Waals surface area contributed by atoms with Crippen molar-refractivity contribution in [3.63, 3.8) is 0 Å². The molecule has 2 rings (SSSR count). The summed E-state index contributed by atoms with van der Waals surface area (Å²) in [6.07, 6.45) is 4.66. The molecule has 1 aliphatic heterocycles. The fourth-order valence-corrected chi connectivity index (χ4v) is 2.53. The van der Waals surface area contributed by atoms with Gasteiger partial charge in [0, 0.05) is 18.7 Å². The molecule has 0 saturated carbocycles. The zero-order valence-electron chi connectivity index (χ0n) is 12.2. The Morgan fingerprint density at radius 1 is 1.30 bits per heavy atom. The van der Waals surface area contributed by atoms with Crippen molar-refractivity contribution in [2.24, 2.45) is 5.73 Å². The molecule has 1 atom stereocenters. The van der Waals surface area contributed by atoms with Gasteiger partial charge in [0.2, 0.25) is 5.91 Å². The standard InChI is InChI=1S/C16H22N2O2/c1-3-4-5-6-14(17)12-8-7-11-10-15(19)18(2)16(20)13(11)9-12/h7-9,14H,3-6,10,17H2,1-2H3. The molecule has 1 unspecified atom stereocenters. The third-order valence-electron chi connectivity index (χ3n) is 3.93.